The van der Waals surface area contributed by atoms with Crippen molar-refractivity contribution in [3.05, 3.63) is 48.0 Å². The summed E-state index contributed by atoms with van der Waals surface area (Å²) in [5.41, 5.74) is 6.51. The van der Waals surface area contributed by atoms with Crippen LogP contribution in [0.4, 0.5) is 0 Å². The number of carbonyl (C=O) groups is 1. The van der Waals surface area contributed by atoms with Gasteiger partial charge in [0.15, 0.2) is 0 Å². The van der Waals surface area contributed by atoms with E-state index in [2.05, 4.69) is 36.5 Å². The highest BCUT2D eigenvalue weighted by atomic mass is 16.1. The monoisotopic (exact) mass is 256 g/mol. The highest BCUT2D eigenvalue weighted by Gasteiger charge is 2.15. The van der Waals surface area contributed by atoms with Crippen molar-refractivity contribution in [2.24, 2.45) is 5.73 Å². The van der Waals surface area contributed by atoms with Crippen molar-refractivity contribution in [2.75, 3.05) is 6.54 Å². The van der Waals surface area contributed by atoms with Crippen LogP contribution < -0.4 is 11.1 Å². The van der Waals surface area contributed by atoms with E-state index in [1.165, 1.54) is 10.8 Å². The molecule has 0 aromatic heterocycles. The van der Waals surface area contributed by atoms with Crippen LogP contribution in [0.25, 0.3) is 10.8 Å². The molecule has 2 rings (SSSR count). The summed E-state index contributed by atoms with van der Waals surface area (Å²) < 4.78 is 0. The molecule has 3 nitrogen and oxygen atoms in total. The van der Waals surface area contributed by atoms with Gasteiger partial charge >= 0.3 is 0 Å². The predicted octanol–water partition coefficient (Wildman–Crippen LogP) is 2.76. The molecule has 100 valence electrons. The SMILES string of the molecule is CCCNC(CC(N)=O)c1cccc2ccccc12. The van der Waals surface area contributed by atoms with Gasteiger partial charge in [-0.3, -0.25) is 4.79 Å². The molecule has 1 atom stereocenters. The van der Waals surface area contributed by atoms with Crippen molar-refractivity contribution in [1.29, 1.82) is 0 Å². The van der Waals surface area contributed by atoms with Gasteiger partial charge in [0, 0.05) is 12.5 Å². The van der Waals surface area contributed by atoms with Gasteiger partial charge in [-0.15, -0.1) is 0 Å². The lowest BCUT2D eigenvalue weighted by Crippen LogP contribution is -2.27. The predicted molar refractivity (Wildman–Crippen MR) is 78.8 cm³/mol. The highest BCUT2D eigenvalue weighted by molar-refractivity contribution is 5.87. The van der Waals surface area contributed by atoms with E-state index < -0.39 is 0 Å². The van der Waals surface area contributed by atoms with E-state index in [1.54, 1.807) is 0 Å². The second-order valence-electron chi connectivity index (χ2n) is 4.75. The number of fused-ring (bicyclic) bond motifs is 1. The first-order chi connectivity index (χ1) is 9.22. The van der Waals surface area contributed by atoms with E-state index >= 15 is 0 Å². The standard InChI is InChI=1S/C16H20N2O/c1-2-10-18-15(11-16(17)19)14-9-5-7-12-6-3-4-8-13(12)14/h3-9,15,18H,2,10-11H2,1H3,(H2,17,19). The number of hydrogen-bond donors (Lipinski definition) is 2. The van der Waals surface area contributed by atoms with Crippen molar-refractivity contribution in [2.45, 2.75) is 25.8 Å². The fourth-order valence-corrected chi connectivity index (χ4v) is 2.37. The molecule has 3 heteroatoms. The smallest absolute Gasteiger partial charge is 0.219 e. The van der Waals surface area contributed by atoms with Crippen LogP contribution in [0, 0.1) is 0 Å². The largest absolute Gasteiger partial charge is 0.370 e. The van der Waals surface area contributed by atoms with Crippen LogP contribution in [0.15, 0.2) is 42.5 Å². The molecule has 0 bridgehead atoms. The average molecular weight is 256 g/mol. The van der Waals surface area contributed by atoms with Gasteiger partial charge in [-0.1, -0.05) is 49.4 Å². The topological polar surface area (TPSA) is 55.1 Å². The molecule has 0 aliphatic carbocycles. The van der Waals surface area contributed by atoms with Crippen LogP contribution in [0.2, 0.25) is 0 Å². The van der Waals surface area contributed by atoms with Gasteiger partial charge in [0.05, 0.1) is 0 Å². The van der Waals surface area contributed by atoms with Gasteiger partial charge in [-0.25, -0.2) is 0 Å². The van der Waals surface area contributed by atoms with Crippen molar-refractivity contribution in [1.82, 2.24) is 5.32 Å². The summed E-state index contributed by atoms with van der Waals surface area (Å²) in [7, 11) is 0. The first-order valence-electron chi connectivity index (χ1n) is 6.71. The lowest BCUT2D eigenvalue weighted by Gasteiger charge is -2.19. The minimum Gasteiger partial charge on any atom is -0.370 e. The molecule has 0 fully saturated rings. The van der Waals surface area contributed by atoms with E-state index in [9.17, 15) is 4.79 Å². The molecule has 1 amide bonds. The molecule has 2 aromatic rings. The molecule has 1 unspecified atom stereocenters. The summed E-state index contributed by atoms with van der Waals surface area (Å²) in [6.45, 7) is 2.98. The molecule has 0 radical (unpaired) electrons. The zero-order valence-corrected chi connectivity index (χ0v) is 11.2. The van der Waals surface area contributed by atoms with Gasteiger partial charge in [0.2, 0.25) is 5.91 Å². The minimum absolute atomic E-state index is 0.0106. The number of primary amides is 1. The van der Waals surface area contributed by atoms with E-state index in [4.69, 9.17) is 5.73 Å². The van der Waals surface area contributed by atoms with Crippen LogP contribution in [0.1, 0.15) is 31.4 Å². The Kier molecular flexibility index (Phi) is 4.53. The molecule has 0 heterocycles. The second kappa shape index (κ2) is 6.34. The van der Waals surface area contributed by atoms with Crippen LogP contribution in [-0.2, 0) is 4.79 Å². The number of rotatable bonds is 6. The van der Waals surface area contributed by atoms with Crippen LogP contribution >= 0.6 is 0 Å². The third kappa shape index (κ3) is 3.32. The quantitative estimate of drug-likeness (QED) is 0.835. The van der Waals surface area contributed by atoms with Crippen LogP contribution in [0.3, 0.4) is 0 Å². The first-order valence-corrected chi connectivity index (χ1v) is 6.71. The number of nitrogens with two attached hydrogens (primary N) is 1. The Morgan fingerprint density at radius 3 is 2.68 bits per heavy atom. The summed E-state index contributed by atoms with van der Waals surface area (Å²) >= 11 is 0. The van der Waals surface area contributed by atoms with Crippen molar-refractivity contribution >= 4 is 16.7 Å². The summed E-state index contributed by atoms with van der Waals surface area (Å²) in [5, 5.41) is 5.78. The van der Waals surface area contributed by atoms with Gasteiger partial charge in [-0.05, 0) is 29.3 Å². The molecular formula is C16H20N2O. The number of benzene rings is 2. The van der Waals surface area contributed by atoms with Crippen LogP contribution in [0.5, 0.6) is 0 Å². The van der Waals surface area contributed by atoms with Gasteiger partial charge in [-0.2, -0.15) is 0 Å². The Bertz CT molecular complexity index is 560. The molecule has 0 saturated heterocycles. The van der Waals surface area contributed by atoms with E-state index in [-0.39, 0.29) is 11.9 Å². The van der Waals surface area contributed by atoms with Crippen LogP contribution in [-0.4, -0.2) is 12.5 Å². The highest BCUT2D eigenvalue weighted by Crippen LogP contribution is 2.26. The Labute approximate surface area is 113 Å². The van der Waals surface area contributed by atoms with Crippen molar-refractivity contribution in [3.63, 3.8) is 0 Å². The number of amides is 1. The maximum absolute atomic E-state index is 11.3. The van der Waals surface area contributed by atoms with Gasteiger partial charge < -0.3 is 11.1 Å². The molecular weight excluding hydrogens is 236 g/mol. The third-order valence-electron chi connectivity index (χ3n) is 3.24. The molecule has 0 saturated carbocycles. The Balaban J connectivity index is 2.39. The average Bonchev–Trinajstić information content (AvgIpc) is 2.42. The molecule has 0 aliphatic heterocycles. The fourth-order valence-electron chi connectivity index (χ4n) is 2.37. The summed E-state index contributed by atoms with van der Waals surface area (Å²) in [6.07, 6.45) is 1.36. The second-order valence-corrected chi connectivity index (χ2v) is 4.75. The molecule has 3 N–H and O–H groups in total. The molecule has 0 spiro atoms. The molecule has 2 aromatic carbocycles. The normalized spacial score (nSPS) is 12.5. The lowest BCUT2D eigenvalue weighted by molar-refractivity contribution is -0.118. The summed E-state index contributed by atoms with van der Waals surface area (Å²) in [4.78, 5) is 11.3. The number of hydrogen-bond acceptors (Lipinski definition) is 2. The number of nitrogens with one attached hydrogen (secondary N) is 1. The maximum atomic E-state index is 11.3. The van der Waals surface area contributed by atoms with E-state index in [0.717, 1.165) is 18.5 Å². The minimum atomic E-state index is -0.276. The Hall–Kier alpha value is -1.87. The van der Waals surface area contributed by atoms with Gasteiger partial charge in [0.25, 0.3) is 0 Å². The maximum Gasteiger partial charge on any atom is 0.219 e. The van der Waals surface area contributed by atoms with E-state index in [0.29, 0.717) is 6.42 Å². The molecule has 0 aliphatic rings. The Morgan fingerprint density at radius 2 is 1.95 bits per heavy atom. The summed E-state index contributed by atoms with van der Waals surface area (Å²) in [5.74, 6) is -0.276. The summed E-state index contributed by atoms with van der Waals surface area (Å²) in [6, 6.07) is 14.4. The lowest BCUT2D eigenvalue weighted by atomic mass is 9.96. The Morgan fingerprint density at radius 1 is 1.21 bits per heavy atom. The molecule has 19 heavy (non-hydrogen) atoms. The van der Waals surface area contributed by atoms with Crippen molar-refractivity contribution in [3.8, 4) is 0 Å². The van der Waals surface area contributed by atoms with Gasteiger partial charge in [0.1, 0.15) is 0 Å². The van der Waals surface area contributed by atoms with E-state index in [1.807, 2.05) is 18.2 Å². The zero-order valence-electron chi connectivity index (χ0n) is 11.2. The fraction of sp³-hybridized carbons (Fsp3) is 0.312. The number of carbonyl (C=O) groups excluding carboxylic acids is 1. The first kappa shape index (κ1) is 13.6. The third-order valence-corrected chi connectivity index (χ3v) is 3.24. The van der Waals surface area contributed by atoms with Crippen molar-refractivity contribution < 1.29 is 4.79 Å². The zero-order chi connectivity index (χ0) is 13.7.